The van der Waals surface area contributed by atoms with Gasteiger partial charge in [0, 0.05) is 23.1 Å². The average molecular weight is 290 g/mol. The lowest BCUT2D eigenvalue weighted by Crippen LogP contribution is -2.17. The highest BCUT2D eigenvalue weighted by Gasteiger charge is 2.35. The van der Waals surface area contributed by atoms with Crippen LogP contribution in [0.5, 0.6) is 0 Å². The van der Waals surface area contributed by atoms with Gasteiger partial charge in [-0.05, 0) is 13.1 Å². The number of halogens is 3. The van der Waals surface area contributed by atoms with Gasteiger partial charge in [-0.1, -0.05) is 6.92 Å². The monoisotopic (exact) mass is 290 g/mol. The van der Waals surface area contributed by atoms with E-state index in [9.17, 15) is 13.2 Å². The molecule has 2 heterocycles. The molecule has 7 heteroatoms. The van der Waals surface area contributed by atoms with E-state index in [0.29, 0.717) is 22.6 Å². The molecule has 19 heavy (non-hydrogen) atoms. The first-order valence-corrected chi connectivity index (χ1v) is 6.55. The number of rotatable bonds is 4. The zero-order valence-electron chi connectivity index (χ0n) is 10.4. The Hall–Kier alpha value is -1.34. The zero-order chi connectivity index (χ0) is 14.0. The molecule has 0 aromatic carbocycles. The maximum absolute atomic E-state index is 12.6. The summed E-state index contributed by atoms with van der Waals surface area (Å²) in [6, 6.07) is 1.44. The predicted octanol–water partition coefficient (Wildman–Crippen LogP) is 3.63. The van der Waals surface area contributed by atoms with Crippen molar-refractivity contribution < 1.29 is 17.6 Å². The van der Waals surface area contributed by atoms with Crippen LogP contribution in [0.3, 0.4) is 0 Å². The molecule has 1 N–H and O–H groups in total. The molecule has 0 saturated heterocycles. The maximum atomic E-state index is 12.6. The molecular formula is C12H13F3N2OS. The average Bonchev–Trinajstić information content (AvgIpc) is 2.97. The summed E-state index contributed by atoms with van der Waals surface area (Å²) in [6.07, 6.45) is -0.901. The van der Waals surface area contributed by atoms with Gasteiger partial charge >= 0.3 is 6.18 Å². The van der Waals surface area contributed by atoms with Gasteiger partial charge in [0.25, 0.3) is 0 Å². The normalized spacial score (nSPS) is 13.7. The van der Waals surface area contributed by atoms with Crippen LogP contribution < -0.4 is 5.32 Å². The first-order valence-electron chi connectivity index (χ1n) is 5.73. The number of alkyl halides is 3. The third kappa shape index (κ3) is 2.82. The SMILES string of the molecule is CCc1occc1C(NC)c1cnc(C(F)(F)F)s1. The van der Waals surface area contributed by atoms with Crippen LogP contribution in [0.15, 0.2) is 22.9 Å². The number of nitrogens with one attached hydrogen (secondary N) is 1. The summed E-state index contributed by atoms with van der Waals surface area (Å²) >= 11 is 0.650. The van der Waals surface area contributed by atoms with E-state index in [4.69, 9.17) is 4.42 Å². The van der Waals surface area contributed by atoms with Crippen LogP contribution in [0.2, 0.25) is 0 Å². The summed E-state index contributed by atoms with van der Waals surface area (Å²) < 4.78 is 43.0. The third-order valence-corrected chi connectivity index (χ3v) is 3.86. The number of aromatic nitrogens is 1. The van der Waals surface area contributed by atoms with E-state index in [-0.39, 0.29) is 6.04 Å². The summed E-state index contributed by atoms with van der Waals surface area (Å²) in [7, 11) is 1.70. The topological polar surface area (TPSA) is 38.1 Å². The molecule has 0 saturated carbocycles. The van der Waals surface area contributed by atoms with E-state index >= 15 is 0 Å². The molecular weight excluding hydrogens is 277 g/mol. The van der Waals surface area contributed by atoms with Gasteiger partial charge in [-0.25, -0.2) is 4.98 Å². The Morgan fingerprint density at radius 3 is 2.74 bits per heavy atom. The smallest absolute Gasteiger partial charge is 0.443 e. The van der Waals surface area contributed by atoms with Gasteiger partial charge in [0.1, 0.15) is 5.76 Å². The molecule has 2 rings (SSSR count). The fraction of sp³-hybridized carbons (Fsp3) is 0.417. The minimum atomic E-state index is -4.40. The molecule has 0 aliphatic carbocycles. The Bertz CT molecular complexity index is 547. The van der Waals surface area contributed by atoms with Crippen LogP contribution in [0.4, 0.5) is 13.2 Å². The van der Waals surface area contributed by atoms with Crippen LogP contribution in [0.1, 0.15) is 34.2 Å². The first kappa shape index (κ1) is 14.1. The molecule has 0 aliphatic rings. The number of aryl methyl sites for hydroxylation is 1. The van der Waals surface area contributed by atoms with Crippen molar-refractivity contribution in [2.24, 2.45) is 0 Å². The standard InChI is InChI=1S/C12H13F3N2OS/c1-3-8-7(4-5-18-8)10(16-2)9-6-17-11(19-9)12(13,14)15/h4-6,10,16H,3H2,1-2H3. The third-order valence-electron chi connectivity index (χ3n) is 2.75. The van der Waals surface area contributed by atoms with E-state index in [1.165, 1.54) is 6.20 Å². The molecule has 0 bridgehead atoms. The summed E-state index contributed by atoms with van der Waals surface area (Å²) in [4.78, 5) is 3.96. The lowest BCUT2D eigenvalue weighted by atomic mass is 10.1. The molecule has 0 fully saturated rings. The van der Waals surface area contributed by atoms with Gasteiger partial charge in [-0.3, -0.25) is 0 Å². The molecule has 0 amide bonds. The summed E-state index contributed by atoms with van der Waals surface area (Å²) in [5.41, 5.74) is 0.849. The Morgan fingerprint density at radius 1 is 1.47 bits per heavy atom. The predicted molar refractivity (Wildman–Crippen MR) is 66.1 cm³/mol. The molecule has 0 aliphatic heterocycles. The molecule has 0 radical (unpaired) electrons. The quantitative estimate of drug-likeness (QED) is 0.934. The van der Waals surface area contributed by atoms with Crippen LogP contribution >= 0.6 is 11.3 Å². The zero-order valence-corrected chi connectivity index (χ0v) is 11.2. The van der Waals surface area contributed by atoms with Crippen molar-refractivity contribution in [3.8, 4) is 0 Å². The molecule has 2 aromatic rings. The Balaban J connectivity index is 2.35. The highest BCUT2D eigenvalue weighted by Crippen LogP contribution is 2.36. The Morgan fingerprint density at radius 2 is 2.21 bits per heavy atom. The number of hydrogen-bond acceptors (Lipinski definition) is 4. The summed E-state index contributed by atoms with van der Waals surface area (Å²) in [5, 5.41) is 2.17. The second kappa shape index (κ2) is 5.34. The highest BCUT2D eigenvalue weighted by molar-refractivity contribution is 7.11. The second-order valence-corrected chi connectivity index (χ2v) is 5.00. The molecule has 3 nitrogen and oxygen atoms in total. The van der Waals surface area contributed by atoms with Gasteiger partial charge in [0.15, 0.2) is 5.01 Å². The van der Waals surface area contributed by atoms with Crippen molar-refractivity contribution >= 4 is 11.3 Å². The van der Waals surface area contributed by atoms with Gasteiger partial charge in [-0.2, -0.15) is 13.2 Å². The highest BCUT2D eigenvalue weighted by atomic mass is 32.1. The Kier molecular flexibility index (Phi) is 3.96. The maximum Gasteiger partial charge on any atom is 0.443 e. The minimum absolute atomic E-state index is 0.331. The lowest BCUT2D eigenvalue weighted by molar-refractivity contribution is -0.137. The molecule has 104 valence electrons. The number of hydrogen-bond donors (Lipinski definition) is 1. The van der Waals surface area contributed by atoms with Crippen LogP contribution in [-0.4, -0.2) is 12.0 Å². The van der Waals surface area contributed by atoms with Crippen LogP contribution in [0.25, 0.3) is 0 Å². The number of nitrogens with zero attached hydrogens (tertiary/aromatic N) is 1. The minimum Gasteiger partial charge on any atom is -0.469 e. The van der Waals surface area contributed by atoms with Crippen molar-refractivity contribution in [3.05, 3.63) is 39.7 Å². The lowest BCUT2D eigenvalue weighted by Gasteiger charge is -2.13. The van der Waals surface area contributed by atoms with Crippen molar-refractivity contribution in [2.45, 2.75) is 25.6 Å². The van der Waals surface area contributed by atoms with Gasteiger partial charge in [0.2, 0.25) is 0 Å². The van der Waals surface area contributed by atoms with E-state index in [1.807, 2.05) is 6.92 Å². The van der Waals surface area contributed by atoms with Gasteiger partial charge in [-0.15, -0.1) is 11.3 Å². The molecule has 1 unspecified atom stereocenters. The number of thiazole rings is 1. The van der Waals surface area contributed by atoms with Crippen LogP contribution in [-0.2, 0) is 12.6 Å². The summed E-state index contributed by atoms with van der Waals surface area (Å²) in [6.45, 7) is 1.93. The first-order chi connectivity index (χ1) is 8.97. The summed E-state index contributed by atoms with van der Waals surface area (Å²) in [5.74, 6) is 0.765. The van der Waals surface area contributed by atoms with Gasteiger partial charge < -0.3 is 9.73 Å². The molecule has 2 aromatic heterocycles. The van der Waals surface area contributed by atoms with E-state index < -0.39 is 11.2 Å². The Labute approximate surface area is 112 Å². The fourth-order valence-corrected chi connectivity index (χ4v) is 2.81. The molecule has 1 atom stereocenters. The molecule has 0 spiro atoms. The largest absolute Gasteiger partial charge is 0.469 e. The van der Waals surface area contributed by atoms with Crippen molar-refractivity contribution in [2.75, 3.05) is 7.05 Å². The second-order valence-electron chi connectivity index (χ2n) is 3.94. The number of furan rings is 1. The van der Waals surface area contributed by atoms with Crippen LogP contribution in [0, 0.1) is 0 Å². The van der Waals surface area contributed by atoms with Crippen molar-refractivity contribution in [3.63, 3.8) is 0 Å². The van der Waals surface area contributed by atoms with E-state index in [1.54, 1.807) is 19.4 Å². The van der Waals surface area contributed by atoms with E-state index in [0.717, 1.165) is 11.3 Å². The fourth-order valence-electron chi connectivity index (χ4n) is 1.90. The van der Waals surface area contributed by atoms with Gasteiger partial charge in [0.05, 0.1) is 12.3 Å². The van der Waals surface area contributed by atoms with Crippen molar-refractivity contribution in [1.82, 2.24) is 10.3 Å². The van der Waals surface area contributed by atoms with E-state index in [2.05, 4.69) is 10.3 Å². The van der Waals surface area contributed by atoms with Crippen molar-refractivity contribution in [1.29, 1.82) is 0 Å².